The quantitative estimate of drug-likeness (QED) is 0.585. The van der Waals surface area contributed by atoms with E-state index in [9.17, 15) is 0 Å². The van der Waals surface area contributed by atoms with Crippen molar-refractivity contribution in [3.8, 4) is 0 Å². The third kappa shape index (κ3) is 4.30. The Morgan fingerprint density at radius 3 is 2.24 bits per heavy atom. The summed E-state index contributed by atoms with van der Waals surface area (Å²) >= 11 is 0. The zero-order valence-corrected chi connectivity index (χ0v) is 10.4. The molecule has 17 heavy (non-hydrogen) atoms. The Labute approximate surface area is 102 Å². The summed E-state index contributed by atoms with van der Waals surface area (Å²) in [5, 5.41) is 0. The van der Waals surface area contributed by atoms with Gasteiger partial charge in [-0.3, -0.25) is 20.6 Å². The fraction of sp³-hybridized carbons (Fsp3) is 0.231. The molecule has 0 bridgehead atoms. The minimum absolute atomic E-state index is 0.843. The molecule has 0 radical (unpaired) electrons. The van der Waals surface area contributed by atoms with Crippen molar-refractivity contribution >= 4 is 5.70 Å². The second kappa shape index (κ2) is 7.49. The standard InChI is InChI=1S/C13H18N2O2/c1-4-12(14-16-2)10-13(15-17-3)11-8-6-5-7-9-11/h4-10,14-15H,1-3H3. The van der Waals surface area contributed by atoms with E-state index in [0.29, 0.717) is 0 Å². The third-order valence-electron chi connectivity index (χ3n) is 2.13. The van der Waals surface area contributed by atoms with Crippen LogP contribution in [0, 0.1) is 0 Å². The molecule has 0 heterocycles. The molecule has 1 aromatic carbocycles. The van der Waals surface area contributed by atoms with Gasteiger partial charge in [0, 0.05) is 0 Å². The maximum absolute atomic E-state index is 4.97. The molecule has 0 saturated heterocycles. The van der Waals surface area contributed by atoms with Crippen LogP contribution in [0.2, 0.25) is 0 Å². The first kappa shape index (κ1) is 13.3. The maximum Gasteiger partial charge on any atom is 0.0698 e. The van der Waals surface area contributed by atoms with E-state index in [1.165, 1.54) is 0 Å². The van der Waals surface area contributed by atoms with Crippen LogP contribution in [0.4, 0.5) is 0 Å². The molecule has 0 fully saturated rings. The van der Waals surface area contributed by atoms with Crippen molar-refractivity contribution in [3.05, 3.63) is 53.7 Å². The number of hydrogen-bond acceptors (Lipinski definition) is 4. The van der Waals surface area contributed by atoms with Gasteiger partial charge in [0.05, 0.1) is 25.6 Å². The maximum atomic E-state index is 4.97. The lowest BCUT2D eigenvalue weighted by Gasteiger charge is -2.11. The van der Waals surface area contributed by atoms with Crippen molar-refractivity contribution in [2.24, 2.45) is 0 Å². The highest BCUT2D eigenvalue weighted by Gasteiger charge is 2.01. The van der Waals surface area contributed by atoms with Gasteiger partial charge in [0.2, 0.25) is 0 Å². The number of allylic oxidation sites excluding steroid dienone is 2. The summed E-state index contributed by atoms with van der Waals surface area (Å²) in [6.07, 6.45) is 3.81. The van der Waals surface area contributed by atoms with E-state index in [1.54, 1.807) is 14.2 Å². The molecule has 0 atom stereocenters. The number of hydroxylamine groups is 2. The topological polar surface area (TPSA) is 42.5 Å². The monoisotopic (exact) mass is 234 g/mol. The van der Waals surface area contributed by atoms with Gasteiger partial charge < -0.3 is 0 Å². The number of benzene rings is 1. The van der Waals surface area contributed by atoms with Gasteiger partial charge in [-0.05, 0) is 18.6 Å². The van der Waals surface area contributed by atoms with E-state index < -0.39 is 0 Å². The molecule has 0 aromatic heterocycles. The summed E-state index contributed by atoms with van der Waals surface area (Å²) in [4.78, 5) is 9.85. The average Bonchev–Trinajstić information content (AvgIpc) is 2.38. The number of nitrogens with one attached hydrogen (secondary N) is 2. The van der Waals surface area contributed by atoms with E-state index >= 15 is 0 Å². The Balaban J connectivity index is 2.96. The zero-order valence-electron chi connectivity index (χ0n) is 10.4. The first-order valence-electron chi connectivity index (χ1n) is 5.33. The molecule has 0 unspecified atom stereocenters. The van der Waals surface area contributed by atoms with Crippen LogP contribution in [-0.4, -0.2) is 14.2 Å². The van der Waals surface area contributed by atoms with Crippen molar-refractivity contribution in [1.29, 1.82) is 0 Å². The van der Waals surface area contributed by atoms with Gasteiger partial charge in [-0.1, -0.05) is 36.4 Å². The molecule has 4 heteroatoms. The first-order valence-corrected chi connectivity index (χ1v) is 5.33. The van der Waals surface area contributed by atoms with Crippen molar-refractivity contribution in [1.82, 2.24) is 11.0 Å². The zero-order chi connectivity index (χ0) is 12.5. The third-order valence-corrected chi connectivity index (χ3v) is 2.13. The average molecular weight is 234 g/mol. The molecule has 2 N–H and O–H groups in total. The lowest BCUT2D eigenvalue weighted by molar-refractivity contribution is 0.120. The summed E-state index contributed by atoms with van der Waals surface area (Å²) in [6.45, 7) is 1.92. The lowest BCUT2D eigenvalue weighted by Crippen LogP contribution is -2.14. The van der Waals surface area contributed by atoms with Crippen LogP contribution in [0.1, 0.15) is 12.5 Å². The second-order valence-corrected chi connectivity index (χ2v) is 3.28. The molecule has 0 aliphatic rings. The normalized spacial score (nSPS) is 12.4. The molecule has 0 saturated carbocycles. The van der Waals surface area contributed by atoms with E-state index in [1.807, 2.05) is 49.4 Å². The smallest absolute Gasteiger partial charge is 0.0698 e. The highest BCUT2D eigenvalue weighted by molar-refractivity contribution is 5.65. The summed E-state index contributed by atoms with van der Waals surface area (Å²) in [6, 6.07) is 9.91. The molecule has 1 rings (SSSR count). The van der Waals surface area contributed by atoms with Gasteiger partial charge in [0.1, 0.15) is 0 Å². The predicted octanol–water partition coefficient (Wildman–Crippen LogP) is 2.23. The molecular formula is C13H18N2O2. The van der Waals surface area contributed by atoms with Crippen LogP contribution in [0.15, 0.2) is 48.2 Å². The van der Waals surface area contributed by atoms with Gasteiger partial charge in [-0.15, -0.1) is 0 Å². The van der Waals surface area contributed by atoms with Crippen LogP contribution in [-0.2, 0) is 9.68 Å². The largest absolute Gasteiger partial charge is 0.279 e. The van der Waals surface area contributed by atoms with Crippen LogP contribution in [0.25, 0.3) is 5.70 Å². The minimum Gasteiger partial charge on any atom is -0.279 e. The van der Waals surface area contributed by atoms with Crippen LogP contribution < -0.4 is 11.0 Å². The fourth-order valence-electron chi connectivity index (χ4n) is 1.34. The van der Waals surface area contributed by atoms with Crippen molar-refractivity contribution in [3.63, 3.8) is 0 Å². The summed E-state index contributed by atoms with van der Waals surface area (Å²) in [7, 11) is 3.15. The molecular weight excluding hydrogens is 216 g/mol. The number of rotatable bonds is 6. The van der Waals surface area contributed by atoms with Gasteiger partial charge in [-0.25, -0.2) is 0 Å². The van der Waals surface area contributed by atoms with Crippen molar-refractivity contribution in [2.75, 3.05) is 14.2 Å². The number of hydrogen-bond donors (Lipinski definition) is 2. The van der Waals surface area contributed by atoms with E-state index in [2.05, 4.69) is 11.0 Å². The van der Waals surface area contributed by atoms with Crippen LogP contribution in [0.3, 0.4) is 0 Å². The van der Waals surface area contributed by atoms with Crippen molar-refractivity contribution in [2.45, 2.75) is 6.92 Å². The summed E-state index contributed by atoms with van der Waals surface area (Å²) in [5.74, 6) is 0. The Bertz CT molecular complexity index is 386. The Kier molecular flexibility index (Phi) is 5.85. The fourth-order valence-corrected chi connectivity index (χ4v) is 1.34. The molecule has 0 spiro atoms. The lowest BCUT2D eigenvalue weighted by atomic mass is 10.1. The molecule has 0 aliphatic carbocycles. The Morgan fingerprint density at radius 1 is 1.06 bits per heavy atom. The first-order chi connectivity index (χ1) is 8.31. The highest BCUT2D eigenvalue weighted by Crippen LogP contribution is 2.12. The molecule has 4 nitrogen and oxygen atoms in total. The summed E-state index contributed by atoms with van der Waals surface area (Å²) in [5.41, 5.74) is 8.36. The van der Waals surface area contributed by atoms with E-state index in [-0.39, 0.29) is 0 Å². The molecule has 92 valence electrons. The molecule has 1 aromatic rings. The van der Waals surface area contributed by atoms with Crippen LogP contribution >= 0.6 is 0 Å². The van der Waals surface area contributed by atoms with Gasteiger partial charge in [0.25, 0.3) is 0 Å². The Hall–Kier alpha value is -1.78. The molecule has 0 aliphatic heterocycles. The SMILES string of the molecule is CC=C(C=C(NOC)c1ccccc1)NOC. The van der Waals surface area contributed by atoms with Crippen LogP contribution in [0.5, 0.6) is 0 Å². The second-order valence-electron chi connectivity index (χ2n) is 3.28. The Morgan fingerprint density at radius 2 is 1.71 bits per heavy atom. The van der Waals surface area contributed by atoms with Gasteiger partial charge >= 0.3 is 0 Å². The predicted molar refractivity (Wildman–Crippen MR) is 68.5 cm³/mol. The summed E-state index contributed by atoms with van der Waals surface area (Å²) < 4.78 is 0. The minimum atomic E-state index is 0.843. The van der Waals surface area contributed by atoms with Crippen molar-refractivity contribution < 1.29 is 9.68 Å². The highest BCUT2D eigenvalue weighted by atomic mass is 16.6. The van der Waals surface area contributed by atoms with Gasteiger partial charge in [0.15, 0.2) is 0 Å². The molecule has 0 amide bonds. The van der Waals surface area contributed by atoms with E-state index in [4.69, 9.17) is 9.68 Å². The van der Waals surface area contributed by atoms with E-state index in [0.717, 1.165) is 17.0 Å². The van der Waals surface area contributed by atoms with Gasteiger partial charge in [-0.2, -0.15) is 0 Å².